The standard InChI is InChI=1S/C16H21ClN6O/c1-21(10-15-19-18-11-23(15)7-8-24-3)9-13-16-12(17)5-4-6-14(16)22(2)20-13/h4-6,11H,7-10H2,1-3H3. The quantitative estimate of drug-likeness (QED) is 0.654. The van der Waals surface area contributed by atoms with Crippen LogP contribution >= 0.6 is 11.6 Å². The first-order chi connectivity index (χ1) is 11.6. The zero-order chi connectivity index (χ0) is 17.1. The molecule has 2 aromatic heterocycles. The van der Waals surface area contributed by atoms with Crippen LogP contribution in [0.1, 0.15) is 11.5 Å². The molecule has 0 radical (unpaired) electrons. The first kappa shape index (κ1) is 16.9. The molecule has 2 heterocycles. The lowest BCUT2D eigenvalue weighted by Crippen LogP contribution is -2.21. The number of hydrogen-bond acceptors (Lipinski definition) is 5. The van der Waals surface area contributed by atoms with E-state index in [4.69, 9.17) is 16.3 Å². The van der Waals surface area contributed by atoms with Gasteiger partial charge in [-0.15, -0.1) is 10.2 Å². The molecule has 1 aromatic carbocycles. The van der Waals surface area contributed by atoms with Gasteiger partial charge in [0, 0.05) is 32.6 Å². The Hall–Kier alpha value is -1.96. The summed E-state index contributed by atoms with van der Waals surface area (Å²) in [6.07, 6.45) is 1.73. The van der Waals surface area contributed by atoms with Crippen LogP contribution in [0.4, 0.5) is 0 Å². The number of ether oxygens (including phenoxy) is 1. The lowest BCUT2D eigenvalue weighted by atomic mass is 10.2. The number of benzene rings is 1. The molecule has 0 N–H and O–H groups in total. The fourth-order valence-corrected chi connectivity index (χ4v) is 3.07. The van der Waals surface area contributed by atoms with E-state index in [1.807, 2.05) is 41.5 Å². The van der Waals surface area contributed by atoms with E-state index in [0.29, 0.717) is 19.7 Å². The van der Waals surface area contributed by atoms with Gasteiger partial charge in [0.15, 0.2) is 0 Å². The molecular formula is C16H21ClN6O. The van der Waals surface area contributed by atoms with Crippen LogP contribution in [0.2, 0.25) is 5.02 Å². The van der Waals surface area contributed by atoms with Crippen molar-refractivity contribution in [3.8, 4) is 0 Å². The van der Waals surface area contributed by atoms with Crippen molar-refractivity contribution in [2.24, 2.45) is 7.05 Å². The van der Waals surface area contributed by atoms with Crippen LogP contribution in [0.5, 0.6) is 0 Å². The average Bonchev–Trinajstić information content (AvgIpc) is 3.11. The van der Waals surface area contributed by atoms with Crippen molar-refractivity contribution >= 4 is 22.5 Å². The predicted octanol–water partition coefficient (Wildman–Crippen LogP) is 2.10. The average molecular weight is 349 g/mol. The number of rotatable bonds is 7. The Morgan fingerprint density at radius 2 is 2.12 bits per heavy atom. The van der Waals surface area contributed by atoms with Gasteiger partial charge in [-0.05, 0) is 19.2 Å². The number of hydrogen-bond donors (Lipinski definition) is 0. The van der Waals surface area contributed by atoms with Gasteiger partial charge in [0.05, 0.1) is 29.4 Å². The minimum absolute atomic E-state index is 0.634. The maximum Gasteiger partial charge on any atom is 0.147 e. The van der Waals surface area contributed by atoms with Crippen molar-refractivity contribution in [2.75, 3.05) is 20.8 Å². The molecule has 0 aliphatic heterocycles. The van der Waals surface area contributed by atoms with E-state index in [1.54, 1.807) is 13.4 Å². The molecule has 8 heteroatoms. The topological polar surface area (TPSA) is 61.0 Å². The highest BCUT2D eigenvalue weighted by molar-refractivity contribution is 6.35. The number of fused-ring (bicyclic) bond motifs is 1. The Morgan fingerprint density at radius 3 is 2.92 bits per heavy atom. The number of aryl methyl sites for hydroxylation is 1. The number of nitrogens with zero attached hydrogens (tertiary/aromatic N) is 6. The van der Waals surface area contributed by atoms with Gasteiger partial charge in [-0.25, -0.2) is 0 Å². The second-order valence-electron chi connectivity index (χ2n) is 5.81. The van der Waals surface area contributed by atoms with Crippen molar-refractivity contribution in [2.45, 2.75) is 19.6 Å². The summed E-state index contributed by atoms with van der Waals surface area (Å²) in [5.74, 6) is 0.904. The summed E-state index contributed by atoms with van der Waals surface area (Å²) < 4.78 is 8.99. The highest BCUT2D eigenvalue weighted by Gasteiger charge is 2.15. The van der Waals surface area contributed by atoms with Gasteiger partial charge in [-0.3, -0.25) is 9.58 Å². The molecule has 0 aliphatic carbocycles. The van der Waals surface area contributed by atoms with Crippen molar-refractivity contribution in [3.05, 3.63) is 41.1 Å². The molecule has 0 atom stereocenters. The van der Waals surface area contributed by atoms with E-state index in [1.165, 1.54) is 0 Å². The van der Waals surface area contributed by atoms with Crippen molar-refractivity contribution in [1.82, 2.24) is 29.4 Å². The van der Waals surface area contributed by atoms with Gasteiger partial charge in [0.1, 0.15) is 12.2 Å². The fraction of sp³-hybridized carbons (Fsp3) is 0.438. The van der Waals surface area contributed by atoms with Crippen molar-refractivity contribution < 1.29 is 4.74 Å². The maximum atomic E-state index is 6.37. The van der Waals surface area contributed by atoms with Crippen LogP contribution in [0, 0.1) is 0 Å². The first-order valence-corrected chi connectivity index (χ1v) is 8.12. The van der Waals surface area contributed by atoms with Crippen molar-refractivity contribution in [1.29, 1.82) is 0 Å². The maximum absolute atomic E-state index is 6.37. The fourth-order valence-electron chi connectivity index (χ4n) is 2.79. The highest BCUT2D eigenvalue weighted by atomic mass is 35.5. The lowest BCUT2D eigenvalue weighted by molar-refractivity contribution is 0.184. The molecule has 128 valence electrons. The molecule has 0 amide bonds. The molecule has 0 bridgehead atoms. The number of methoxy groups -OCH3 is 1. The molecule has 3 aromatic rings. The molecule has 0 fully saturated rings. The first-order valence-electron chi connectivity index (χ1n) is 7.74. The second-order valence-corrected chi connectivity index (χ2v) is 6.22. The normalized spacial score (nSPS) is 11.7. The molecule has 3 rings (SSSR count). The van der Waals surface area contributed by atoms with Gasteiger partial charge < -0.3 is 9.30 Å². The molecule has 0 saturated carbocycles. The van der Waals surface area contributed by atoms with Crippen LogP contribution in [-0.4, -0.2) is 50.2 Å². The van der Waals surface area contributed by atoms with Gasteiger partial charge in [0.25, 0.3) is 0 Å². The third-order valence-electron chi connectivity index (χ3n) is 3.96. The second kappa shape index (κ2) is 7.29. The smallest absolute Gasteiger partial charge is 0.147 e. The van der Waals surface area contributed by atoms with Crippen LogP contribution in [-0.2, 0) is 31.4 Å². The van der Waals surface area contributed by atoms with Gasteiger partial charge >= 0.3 is 0 Å². The Kier molecular flexibility index (Phi) is 5.13. The number of halogens is 1. The minimum Gasteiger partial charge on any atom is -0.383 e. The van der Waals surface area contributed by atoms with Crippen LogP contribution in [0.3, 0.4) is 0 Å². The molecule has 0 spiro atoms. The van der Waals surface area contributed by atoms with Crippen LogP contribution in [0.15, 0.2) is 24.5 Å². The summed E-state index contributed by atoms with van der Waals surface area (Å²) in [5, 5.41) is 14.6. The van der Waals surface area contributed by atoms with E-state index in [2.05, 4.69) is 20.2 Å². The monoisotopic (exact) mass is 348 g/mol. The number of aromatic nitrogens is 5. The van der Waals surface area contributed by atoms with Gasteiger partial charge in [0.2, 0.25) is 0 Å². The molecule has 24 heavy (non-hydrogen) atoms. The van der Waals surface area contributed by atoms with E-state index in [0.717, 1.165) is 34.0 Å². The van der Waals surface area contributed by atoms with E-state index in [-0.39, 0.29) is 0 Å². The summed E-state index contributed by atoms with van der Waals surface area (Å²) in [7, 11) is 5.66. The zero-order valence-electron chi connectivity index (χ0n) is 14.1. The molecule has 0 unspecified atom stereocenters. The molecular weight excluding hydrogens is 328 g/mol. The Morgan fingerprint density at radius 1 is 1.29 bits per heavy atom. The van der Waals surface area contributed by atoms with Gasteiger partial charge in [-0.2, -0.15) is 5.10 Å². The molecule has 0 aliphatic rings. The Balaban J connectivity index is 1.76. The van der Waals surface area contributed by atoms with Crippen LogP contribution < -0.4 is 0 Å². The van der Waals surface area contributed by atoms with Gasteiger partial charge in [-0.1, -0.05) is 17.7 Å². The predicted molar refractivity (Wildman–Crippen MR) is 92.8 cm³/mol. The summed E-state index contributed by atoms with van der Waals surface area (Å²) in [6, 6.07) is 5.87. The highest BCUT2D eigenvalue weighted by Crippen LogP contribution is 2.27. The molecule has 7 nitrogen and oxygen atoms in total. The Labute approximate surface area is 145 Å². The van der Waals surface area contributed by atoms with Crippen molar-refractivity contribution in [3.63, 3.8) is 0 Å². The minimum atomic E-state index is 0.634. The lowest BCUT2D eigenvalue weighted by Gasteiger charge is -2.15. The SMILES string of the molecule is COCCn1cnnc1CN(C)Cc1nn(C)c2cccc(Cl)c12. The summed E-state index contributed by atoms with van der Waals surface area (Å²) in [5.41, 5.74) is 2.00. The van der Waals surface area contributed by atoms with E-state index in [9.17, 15) is 0 Å². The molecule has 0 saturated heterocycles. The third kappa shape index (κ3) is 3.43. The Bertz CT molecular complexity index is 827. The summed E-state index contributed by atoms with van der Waals surface area (Å²) >= 11 is 6.37. The van der Waals surface area contributed by atoms with Crippen LogP contribution in [0.25, 0.3) is 10.9 Å². The largest absolute Gasteiger partial charge is 0.383 e. The summed E-state index contributed by atoms with van der Waals surface area (Å²) in [6.45, 7) is 2.73. The van der Waals surface area contributed by atoms with E-state index < -0.39 is 0 Å². The summed E-state index contributed by atoms with van der Waals surface area (Å²) in [4.78, 5) is 2.15. The zero-order valence-corrected chi connectivity index (χ0v) is 14.9. The van der Waals surface area contributed by atoms with E-state index >= 15 is 0 Å². The third-order valence-corrected chi connectivity index (χ3v) is 4.28.